The first-order valence-electron chi connectivity index (χ1n) is 8.09. The number of hydrogen-bond acceptors (Lipinski definition) is 7. The Morgan fingerprint density at radius 2 is 2.08 bits per heavy atom. The SMILES string of the molecule is CC(=O)c1cccc(NC(=O)[C@@H](C)OC(=O)CS[C@@H]2CCS(=O)(=O)C2)c1. The van der Waals surface area contributed by atoms with Crippen LogP contribution in [0.3, 0.4) is 0 Å². The molecule has 0 saturated carbocycles. The Morgan fingerprint density at radius 3 is 2.69 bits per heavy atom. The zero-order valence-corrected chi connectivity index (χ0v) is 16.2. The number of esters is 1. The monoisotopic (exact) mass is 399 g/mol. The molecule has 7 nitrogen and oxygen atoms in total. The number of Topliss-reactive ketones (excluding diaryl/α,β-unsaturated/α-hetero) is 1. The molecule has 2 atom stereocenters. The van der Waals surface area contributed by atoms with Gasteiger partial charge >= 0.3 is 5.97 Å². The highest BCUT2D eigenvalue weighted by Crippen LogP contribution is 2.24. The first kappa shape index (κ1) is 20.4. The molecule has 1 saturated heterocycles. The number of anilines is 1. The smallest absolute Gasteiger partial charge is 0.316 e. The van der Waals surface area contributed by atoms with Gasteiger partial charge in [0.1, 0.15) is 0 Å². The van der Waals surface area contributed by atoms with Crippen molar-refractivity contribution in [2.45, 2.75) is 31.6 Å². The molecule has 9 heteroatoms. The summed E-state index contributed by atoms with van der Waals surface area (Å²) in [6.45, 7) is 2.88. The topological polar surface area (TPSA) is 107 Å². The third kappa shape index (κ3) is 6.14. The van der Waals surface area contributed by atoms with Crippen LogP contribution in [0.25, 0.3) is 0 Å². The van der Waals surface area contributed by atoms with Gasteiger partial charge in [-0.15, -0.1) is 11.8 Å². The summed E-state index contributed by atoms with van der Waals surface area (Å²) < 4.78 is 27.9. The normalized spacial score (nSPS) is 19.5. The molecule has 1 amide bonds. The van der Waals surface area contributed by atoms with Gasteiger partial charge in [0.25, 0.3) is 5.91 Å². The molecule has 26 heavy (non-hydrogen) atoms. The fourth-order valence-corrected chi connectivity index (χ4v) is 5.85. The van der Waals surface area contributed by atoms with Gasteiger partial charge in [-0.2, -0.15) is 0 Å². The molecule has 1 N–H and O–H groups in total. The van der Waals surface area contributed by atoms with Crippen molar-refractivity contribution in [2.75, 3.05) is 22.6 Å². The molecule has 0 unspecified atom stereocenters. The van der Waals surface area contributed by atoms with Gasteiger partial charge in [-0.3, -0.25) is 14.4 Å². The van der Waals surface area contributed by atoms with Gasteiger partial charge in [0.2, 0.25) is 0 Å². The Kier molecular flexibility index (Phi) is 6.82. The molecular weight excluding hydrogens is 378 g/mol. The van der Waals surface area contributed by atoms with Crippen LogP contribution in [0, 0.1) is 0 Å². The fraction of sp³-hybridized carbons (Fsp3) is 0.471. The Hall–Kier alpha value is -1.87. The minimum atomic E-state index is -2.99. The van der Waals surface area contributed by atoms with Crippen molar-refractivity contribution in [3.8, 4) is 0 Å². The number of ketones is 1. The van der Waals surface area contributed by atoms with Crippen molar-refractivity contribution in [1.29, 1.82) is 0 Å². The van der Waals surface area contributed by atoms with Crippen molar-refractivity contribution in [2.24, 2.45) is 0 Å². The van der Waals surface area contributed by atoms with E-state index in [4.69, 9.17) is 4.74 Å². The number of nitrogens with one attached hydrogen (secondary N) is 1. The van der Waals surface area contributed by atoms with E-state index in [1.165, 1.54) is 25.6 Å². The third-order valence-electron chi connectivity index (χ3n) is 3.84. The van der Waals surface area contributed by atoms with Gasteiger partial charge < -0.3 is 10.1 Å². The molecule has 2 rings (SSSR count). The van der Waals surface area contributed by atoms with E-state index < -0.39 is 27.8 Å². The van der Waals surface area contributed by atoms with Crippen LogP contribution in [0.2, 0.25) is 0 Å². The first-order valence-corrected chi connectivity index (χ1v) is 11.0. The average molecular weight is 399 g/mol. The molecule has 1 heterocycles. The Bertz CT molecular complexity index is 805. The largest absolute Gasteiger partial charge is 0.452 e. The van der Waals surface area contributed by atoms with Crippen LogP contribution >= 0.6 is 11.8 Å². The molecular formula is C17H21NO6S2. The van der Waals surface area contributed by atoms with E-state index in [1.807, 2.05) is 0 Å². The standard InChI is InChI=1S/C17H21NO6S2/c1-11(19)13-4-3-5-14(8-13)18-17(21)12(2)24-16(20)9-25-15-6-7-26(22,23)10-15/h3-5,8,12,15H,6-7,9-10H2,1-2H3,(H,18,21)/t12-,15-/m1/s1. The minimum absolute atomic E-state index is 0.00235. The van der Waals surface area contributed by atoms with Gasteiger partial charge in [0.05, 0.1) is 17.3 Å². The predicted molar refractivity (Wildman–Crippen MR) is 100 cm³/mol. The maximum Gasteiger partial charge on any atom is 0.316 e. The van der Waals surface area contributed by atoms with Crippen LogP contribution in [-0.4, -0.2) is 54.7 Å². The van der Waals surface area contributed by atoms with Gasteiger partial charge in [0.15, 0.2) is 21.7 Å². The molecule has 0 spiro atoms. The van der Waals surface area contributed by atoms with E-state index in [1.54, 1.807) is 24.3 Å². The van der Waals surface area contributed by atoms with E-state index in [9.17, 15) is 22.8 Å². The van der Waals surface area contributed by atoms with Crippen molar-refractivity contribution in [3.63, 3.8) is 0 Å². The molecule has 1 aromatic rings. The summed E-state index contributed by atoms with van der Waals surface area (Å²) in [6, 6.07) is 6.47. The highest BCUT2D eigenvalue weighted by Gasteiger charge is 2.29. The summed E-state index contributed by atoms with van der Waals surface area (Å²) in [5.74, 6) is -0.971. The maximum absolute atomic E-state index is 12.1. The van der Waals surface area contributed by atoms with Crippen LogP contribution in [0.1, 0.15) is 30.6 Å². The van der Waals surface area contributed by atoms with Gasteiger partial charge in [-0.1, -0.05) is 12.1 Å². The lowest BCUT2D eigenvalue weighted by Gasteiger charge is -2.14. The zero-order chi connectivity index (χ0) is 19.3. The average Bonchev–Trinajstić information content (AvgIpc) is 2.92. The quantitative estimate of drug-likeness (QED) is 0.549. The van der Waals surface area contributed by atoms with Gasteiger partial charge in [0, 0.05) is 16.5 Å². The second-order valence-electron chi connectivity index (χ2n) is 6.09. The summed E-state index contributed by atoms with van der Waals surface area (Å²) in [5.41, 5.74) is 0.909. The Balaban J connectivity index is 1.80. The van der Waals surface area contributed by atoms with Crippen LogP contribution in [0.5, 0.6) is 0 Å². The number of ether oxygens (including phenoxy) is 1. The summed E-state index contributed by atoms with van der Waals surface area (Å²) in [7, 11) is -2.99. The van der Waals surface area contributed by atoms with Crippen molar-refractivity contribution < 1.29 is 27.5 Å². The predicted octanol–water partition coefficient (Wildman–Crippen LogP) is 1.68. The first-order chi connectivity index (χ1) is 12.2. The van der Waals surface area contributed by atoms with Gasteiger partial charge in [-0.25, -0.2) is 8.42 Å². The second-order valence-corrected chi connectivity index (χ2v) is 9.61. The van der Waals surface area contributed by atoms with Crippen LogP contribution in [-0.2, 0) is 24.2 Å². The molecule has 0 radical (unpaired) electrons. The molecule has 1 aliphatic rings. The lowest BCUT2D eigenvalue weighted by atomic mass is 10.1. The molecule has 1 aliphatic heterocycles. The third-order valence-corrected chi connectivity index (χ3v) is 7.10. The number of thioether (sulfide) groups is 1. The van der Waals surface area contributed by atoms with Crippen molar-refractivity contribution in [3.05, 3.63) is 29.8 Å². The molecule has 1 fully saturated rings. The Labute approximate surface area is 156 Å². The lowest BCUT2D eigenvalue weighted by Crippen LogP contribution is -2.30. The number of benzene rings is 1. The van der Waals surface area contributed by atoms with Crippen LogP contribution < -0.4 is 5.32 Å². The summed E-state index contributed by atoms with van der Waals surface area (Å²) in [4.78, 5) is 35.3. The number of carbonyl (C=O) groups is 3. The molecule has 142 valence electrons. The molecule has 0 aromatic heterocycles. The summed E-state index contributed by atoms with van der Waals surface area (Å²) in [5, 5.41) is 2.49. The number of sulfone groups is 1. The number of carbonyl (C=O) groups excluding carboxylic acids is 3. The van der Waals surface area contributed by atoms with Crippen molar-refractivity contribution in [1.82, 2.24) is 0 Å². The van der Waals surface area contributed by atoms with E-state index in [0.29, 0.717) is 17.7 Å². The molecule has 0 bridgehead atoms. The summed E-state index contributed by atoms with van der Waals surface area (Å²) in [6.07, 6.45) is -0.473. The number of hydrogen-bond donors (Lipinski definition) is 1. The van der Waals surface area contributed by atoms with E-state index in [-0.39, 0.29) is 28.3 Å². The molecule has 1 aromatic carbocycles. The van der Waals surface area contributed by atoms with Gasteiger partial charge in [-0.05, 0) is 32.4 Å². The summed E-state index contributed by atoms with van der Waals surface area (Å²) >= 11 is 1.23. The van der Waals surface area contributed by atoms with E-state index >= 15 is 0 Å². The lowest BCUT2D eigenvalue weighted by molar-refractivity contribution is -0.150. The fourth-order valence-electron chi connectivity index (χ4n) is 2.42. The maximum atomic E-state index is 12.1. The van der Waals surface area contributed by atoms with E-state index in [2.05, 4.69) is 5.32 Å². The Morgan fingerprint density at radius 1 is 1.35 bits per heavy atom. The van der Waals surface area contributed by atoms with Crippen molar-refractivity contribution >= 4 is 44.9 Å². The highest BCUT2D eigenvalue weighted by molar-refractivity contribution is 8.02. The van der Waals surface area contributed by atoms with Crippen LogP contribution in [0.15, 0.2) is 24.3 Å². The number of rotatable bonds is 7. The molecule has 0 aliphatic carbocycles. The minimum Gasteiger partial charge on any atom is -0.452 e. The van der Waals surface area contributed by atoms with E-state index in [0.717, 1.165) is 0 Å². The second kappa shape index (κ2) is 8.68. The van der Waals surface area contributed by atoms with Crippen LogP contribution in [0.4, 0.5) is 5.69 Å². The zero-order valence-electron chi connectivity index (χ0n) is 14.6. The number of amides is 1. The highest BCUT2D eigenvalue weighted by atomic mass is 32.2.